The molecule has 1 N–H and O–H groups in total. The number of urea groups is 1. The van der Waals surface area contributed by atoms with E-state index in [0.29, 0.717) is 6.54 Å². The summed E-state index contributed by atoms with van der Waals surface area (Å²) in [7, 11) is 0. The van der Waals surface area contributed by atoms with Gasteiger partial charge in [-0.05, 0) is 24.6 Å². The summed E-state index contributed by atoms with van der Waals surface area (Å²) in [4.78, 5) is 13.9. The van der Waals surface area contributed by atoms with E-state index in [0.717, 1.165) is 25.3 Å². The van der Waals surface area contributed by atoms with Crippen molar-refractivity contribution in [2.24, 2.45) is 0 Å². The summed E-state index contributed by atoms with van der Waals surface area (Å²) in [6.07, 6.45) is 7.00. The van der Waals surface area contributed by atoms with Crippen LogP contribution in [0.5, 0.6) is 0 Å². The lowest BCUT2D eigenvalue weighted by atomic mass is 10.1. The molecule has 0 radical (unpaired) electrons. The molecule has 1 aliphatic rings. The Labute approximate surface area is 123 Å². The van der Waals surface area contributed by atoms with Crippen LogP contribution in [-0.4, -0.2) is 23.5 Å². The molecule has 1 heterocycles. The van der Waals surface area contributed by atoms with Gasteiger partial charge in [0, 0.05) is 6.54 Å². The number of nitrogens with zero attached hydrogens (tertiary/aromatic N) is 2. The van der Waals surface area contributed by atoms with Crippen molar-refractivity contribution in [3.05, 3.63) is 41.7 Å². The highest BCUT2D eigenvalue weighted by molar-refractivity contribution is 5.90. The first-order valence-corrected chi connectivity index (χ1v) is 7.09. The van der Waals surface area contributed by atoms with Gasteiger partial charge >= 0.3 is 6.03 Å². The van der Waals surface area contributed by atoms with E-state index < -0.39 is 5.82 Å². The first-order valence-electron chi connectivity index (χ1n) is 7.09. The average molecular weight is 287 g/mol. The maximum Gasteiger partial charge on any atom is 0.322 e. The van der Waals surface area contributed by atoms with Crippen LogP contribution in [0.15, 0.2) is 30.4 Å². The Bertz CT molecular complexity index is 592. The second-order valence-electron chi connectivity index (χ2n) is 5.03. The highest BCUT2D eigenvalue weighted by atomic mass is 19.1. The number of nitriles is 1. The third-order valence-corrected chi connectivity index (χ3v) is 3.51. The van der Waals surface area contributed by atoms with Gasteiger partial charge in [0.15, 0.2) is 0 Å². The largest absolute Gasteiger partial charge is 0.322 e. The minimum absolute atomic E-state index is 0.0754. The lowest BCUT2D eigenvalue weighted by molar-refractivity contribution is 0.208. The Morgan fingerprint density at radius 1 is 1.57 bits per heavy atom. The summed E-state index contributed by atoms with van der Waals surface area (Å²) in [6, 6.07) is 5.63. The quantitative estimate of drug-likeness (QED) is 0.859. The monoisotopic (exact) mass is 287 g/mol. The van der Waals surface area contributed by atoms with Crippen molar-refractivity contribution in [2.75, 3.05) is 11.9 Å². The van der Waals surface area contributed by atoms with Crippen LogP contribution < -0.4 is 5.32 Å². The van der Waals surface area contributed by atoms with E-state index in [1.54, 1.807) is 4.90 Å². The molecule has 0 aromatic heterocycles. The molecule has 1 aromatic rings. The van der Waals surface area contributed by atoms with Gasteiger partial charge in [-0.25, -0.2) is 9.18 Å². The van der Waals surface area contributed by atoms with Crippen molar-refractivity contribution in [3.63, 3.8) is 0 Å². The molecular formula is C16H18FN3O. The normalized spacial score (nSPS) is 16.8. The van der Waals surface area contributed by atoms with Crippen LogP contribution >= 0.6 is 0 Å². The fourth-order valence-corrected chi connectivity index (χ4v) is 2.34. The van der Waals surface area contributed by atoms with Crippen LogP contribution in [-0.2, 0) is 0 Å². The second-order valence-corrected chi connectivity index (χ2v) is 5.03. The van der Waals surface area contributed by atoms with Crippen molar-refractivity contribution in [2.45, 2.75) is 32.2 Å². The predicted octanol–water partition coefficient (Wildman–Crippen LogP) is 3.66. The Hall–Kier alpha value is -2.35. The number of amides is 2. The lowest BCUT2D eigenvalue weighted by Gasteiger charge is -2.25. The zero-order valence-electron chi connectivity index (χ0n) is 12.0. The number of anilines is 1. The Morgan fingerprint density at radius 3 is 3.05 bits per heavy atom. The van der Waals surface area contributed by atoms with Gasteiger partial charge in [-0.2, -0.15) is 5.26 Å². The first-order chi connectivity index (χ1) is 10.2. The molecule has 21 heavy (non-hydrogen) atoms. The zero-order valence-corrected chi connectivity index (χ0v) is 12.0. The molecule has 2 amide bonds. The summed E-state index contributed by atoms with van der Waals surface area (Å²) in [5.74, 6) is -0.598. The van der Waals surface area contributed by atoms with Crippen molar-refractivity contribution >= 4 is 11.7 Å². The number of benzene rings is 1. The maximum atomic E-state index is 13.8. The molecular weight excluding hydrogens is 269 g/mol. The zero-order chi connectivity index (χ0) is 15.2. The number of nitrogens with one attached hydrogen (secondary N) is 1. The highest BCUT2D eigenvalue weighted by Crippen LogP contribution is 2.20. The van der Waals surface area contributed by atoms with Crippen LogP contribution in [0.2, 0.25) is 0 Å². The summed E-state index contributed by atoms with van der Waals surface area (Å²) >= 11 is 0. The minimum atomic E-state index is -0.598. The molecule has 1 aliphatic heterocycles. The van der Waals surface area contributed by atoms with Crippen molar-refractivity contribution in [1.29, 1.82) is 5.26 Å². The van der Waals surface area contributed by atoms with E-state index in [-0.39, 0.29) is 23.3 Å². The van der Waals surface area contributed by atoms with Gasteiger partial charge in [0.1, 0.15) is 5.82 Å². The molecule has 0 saturated carbocycles. The molecule has 0 saturated heterocycles. The number of rotatable bonds is 4. The molecule has 5 heteroatoms. The summed E-state index contributed by atoms with van der Waals surface area (Å²) in [5.41, 5.74) is 0.328. The molecule has 0 bridgehead atoms. The van der Waals surface area contributed by atoms with E-state index in [9.17, 15) is 9.18 Å². The lowest BCUT2D eigenvalue weighted by Crippen LogP contribution is -2.39. The van der Waals surface area contributed by atoms with E-state index in [1.165, 1.54) is 12.1 Å². The third-order valence-electron chi connectivity index (χ3n) is 3.51. The SMILES string of the molecule is CCCC[C@H]1C=CCN1C(=O)Nc1ccc(C#N)cc1F. The van der Waals surface area contributed by atoms with Crippen molar-refractivity contribution in [1.82, 2.24) is 4.90 Å². The first kappa shape index (κ1) is 15.0. The van der Waals surface area contributed by atoms with E-state index in [4.69, 9.17) is 5.26 Å². The van der Waals surface area contributed by atoms with Crippen LogP contribution in [0, 0.1) is 17.1 Å². The van der Waals surface area contributed by atoms with Gasteiger partial charge in [0.2, 0.25) is 0 Å². The van der Waals surface area contributed by atoms with Crippen molar-refractivity contribution < 1.29 is 9.18 Å². The molecule has 2 rings (SSSR count). The number of unbranched alkanes of at least 4 members (excludes halogenated alkanes) is 1. The van der Waals surface area contributed by atoms with Crippen LogP contribution in [0.3, 0.4) is 0 Å². The fraction of sp³-hybridized carbons (Fsp3) is 0.375. The number of carbonyl (C=O) groups is 1. The number of hydrogen-bond donors (Lipinski definition) is 1. The molecule has 4 nitrogen and oxygen atoms in total. The fourth-order valence-electron chi connectivity index (χ4n) is 2.34. The van der Waals surface area contributed by atoms with Crippen molar-refractivity contribution in [3.8, 4) is 6.07 Å². The van der Waals surface area contributed by atoms with E-state index in [1.807, 2.05) is 18.2 Å². The number of hydrogen-bond acceptors (Lipinski definition) is 2. The smallest absolute Gasteiger partial charge is 0.314 e. The van der Waals surface area contributed by atoms with Gasteiger partial charge in [-0.1, -0.05) is 31.9 Å². The van der Waals surface area contributed by atoms with Crippen LogP contribution in [0.4, 0.5) is 14.9 Å². The van der Waals surface area contributed by atoms with Crippen LogP contribution in [0.1, 0.15) is 31.7 Å². The summed E-state index contributed by atoms with van der Waals surface area (Å²) in [6.45, 7) is 2.65. The van der Waals surface area contributed by atoms with Crippen LogP contribution in [0.25, 0.3) is 0 Å². The predicted molar refractivity (Wildman–Crippen MR) is 79.3 cm³/mol. The number of halogens is 1. The Morgan fingerprint density at radius 2 is 2.38 bits per heavy atom. The van der Waals surface area contributed by atoms with E-state index in [2.05, 4.69) is 12.2 Å². The van der Waals surface area contributed by atoms with E-state index >= 15 is 0 Å². The minimum Gasteiger partial charge on any atom is -0.314 e. The molecule has 1 aromatic carbocycles. The second kappa shape index (κ2) is 6.89. The third kappa shape index (κ3) is 3.60. The molecule has 0 fully saturated rings. The molecule has 1 atom stereocenters. The van der Waals surface area contributed by atoms with Gasteiger partial charge in [0.05, 0.1) is 23.4 Å². The van der Waals surface area contributed by atoms with Gasteiger partial charge in [-0.3, -0.25) is 0 Å². The molecule has 0 spiro atoms. The standard InChI is InChI=1S/C16H18FN3O/c1-2-3-5-13-6-4-9-20(13)16(21)19-15-8-7-12(11-18)10-14(15)17/h4,6-8,10,13H,2-3,5,9H2,1H3,(H,19,21)/t13-/m0/s1. The Kier molecular flexibility index (Phi) is 4.94. The molecule has 0 unspecified atom stereocenters. The van der Waals surface area contributed by atoms with Gasteiger partial charge < -0.3 is 10.2 Å². The topological polar surface area (TPSA) is 56.1 Å². The highest BCUT2D eigenvalue weighted by Gasteiger charge is 2.24. The van der Waals surface area contributed by atoms with Gasteiger partial charge in [-0.15, -0.1) is 0 Å². The maximum absolute atomic E-state index is 13.8. The summed E-state index contributed by atoms with van der Waals surface area (Å²) < 4.78 is 13.8. The summed E-state index contributed by atoms with van der Waals surface area (Å²) in [5, 5.41) is 11.3. The molecule has 0 aliphatic carbocycles. The van der Waals surface area contributed by atoms with Gasteiger partial charge in [0.25, 0.3) is 0 Å². The number of carbonyl (C=O) groups excluding carboxylic acids is 1. The average Bonchev–Trinajstić information content (AvgIpc) is 2.95. The Balaban J connectivity index is 2.03. The molecule has 110 valence electrons.